The third-order valence-electron chi connectivity index (χ3n) is 1.58. The number of benzene rings is 1. The molecule has 0 fully saturated rings. The van der Waals surface area contributed by atoms with E-state index in [4.69, 9.17) is 10.2 Å². The van der Waals surface area contributed by atoms with Crippen LogP contribution in [0, 0.1) is 5.82 Å². The molecule has 0 saturated carbocycles. The van der Waals surface area contributed by atoms with Crippen LogP contribution >= 0.6 is 0 Å². The van der Waals surface area contributed by atoms with Crippen molar-refractivity contribution in [2.24, 2.45) is 0 Å². The van der Waals surface area contributed by atoms with Gasteiger partial charge in [-0.05, 0) is 11.5 Å². The summed E-state index contributed by atoms with van der Waals surface area (Å²) in [5, 5.41) is 18.0. The molecule has 0 saturated heterocycles. The minimum absolute atomic E-state index is 0.0977. The minimum Gasteiger partial charge on any atom is -0.505 e. The number of hydrogen-bond acceptors (Lipinski definition) is 3. The summed E-state index contributed by atoms with van der Waals surface area (Å²) in [6.45, 7) is 0. The molecule has 0 aliphatic carbocycles. The van der Waals surface area contributed by atoms with Gasteiger partial charge in [0.05, 0.1) is 0 Å². The van der Waals surface area contributed by atoms with Crippen LogP contribution in [0.4, 0.5) is 17.6 Å². The van der Waals surface area contributed by atoms with Gasteiger partial charge >= 0.3 is 6.36 Å². The summed E-state index contributed by atoms with van der Waals surface area (Å²) in [7, 11) is 1.22. The SMILES string of the molecule is Bc1cc(O)c(OC(F)(F)F)c(F)c1O. The third-order valence-corrected chi connectivity index (χ3v) is 1.58. The van der Waals surface area contributed by atoms with Crippen LogP contribution in [0.3, 0.4) is 0 Å². The molecule has 0 bridgehead atoms. The van der Waals surface area contributed by atoms with E-state index in [1.54, 1.807) is 0 Å². The molecule has 0 aromatic heterocycles. The number of halogens is 4. The number of ether oxygens (including phenoxy) is 1. The summed E-state index contributed by atoms with van der Waals surface area (Å²) in [5.41, 5.74) is -0.0977. The summed E-state index contributed by atoms with van der Waals surface area (Å²) in [6.07, 6.45) is -5.14. The molecule has 1 aromatic carbocycles. The number of alkyl halides is 3. The number of aromatic hydroxyl groups is 2. The van der Waals surface area contributed by atoms with E-state index in [9.17, 15) is 17.6 Å². The van der Waals surface area contributed by atoms with E-state index in [0.717, 1.165) is 6.07 Å². The lowest BCUT2D eigenvalue weighted by molar-refractivity contribution is -0.276. The smallest absolute Gasteiger partial charge is 0.505 e. The van der Waals surface area contributed by atoms with Crippen molar-refractivity contribution in [3.05, 3.63) is 11.9 Å². The van der Waals surface area contributed by atoms with Gasteiger partial charge in [0, 0.05) is 0 Å². The van der Waals surface area contributed by atoms with Crippen LogP contribution in [0.5, 0.6) is 17.2 Å². The Balaban J connectivity index is 3.24. The maximum atomic E-state index is 13.0. The Morgan fingerprint density at radius 2 is 1.80 bits per heavy atom. The van der Waals surface area contributed by atoms with E-state index in [1.165, 1.54) is 7.85 Å². The van der Waals surface area contributed by atoms with Gasteiger partial charge in [0.25, 0.3) is 0 Å². The number of phenolic OH excluding ortho intramolecular Hbond substituents is 2. The van der Waals surface area contributed by atoms with Crippen molar-refractivity contribution in [2.75, 3.05) is 0 Å². The summed E-state index contributed by atoms with van der Waals surface area (Å²) in [4.78, 5) is 0. The molecule has 0 atom stereocenters. The number of phenols is 2. The first-order chi connectivity index (χ1) is 6.72. The van der Waals surface area contributed by atoms with Gasteiger partial charge in [0.2, 0.25) is 11.6 Å². The van der Waals surface area contributed by atoms with Gasteiger partial charge in [-0.2, -0.15) is 4.39 Å². The molecule has 0 heterocycles. The quantitative estimate of drug-likeness (QED) is 0.412. The minimum atomic E-state index is -5.14. The highest BCUT2D eigenvalue weighted by Crippen LogP contribution is 2.36. The molecule has 0 spiro atoms. The summed E-state index contributed by atoms with van der Waals surface area (Å²) >= 11 is 0. The second-order valence-electron chi connectivity index (χ2n) is 2.75. The first kappa shape index (κ1) is 11.5. The molecule has 82 valence electrons. The second-order valence-corrected chi connectivity index (χ2v) is 2.75. The Kier molecular flexibility index (Phi) is 2.70. The first-order valence-electron chi connectivity index (χ1n) is 3.69. The predicted molar refractivity (Wildman–Crippen MR) is 44.6 cm³/mol. The fourth-order valence-corrected chi connectivity index (χ4v) is 0.945. The third kappa shape index (κ3) is 2.45. The van der Waals surface area contributed by atoms with Crippen LogP contribution in [0.2, 0.25) is 0 Å². The average molecular weight is 224 g/mol. The fourth-order valence-electron chi connectivity index (χ4n) is 0.945. The van der Waals surface area contributed by atoms with Crippen molar-refractivity contribution >= 4 is 13.3 Å². The zero-order chi connectivity index (χ0) is 11.8. The number of rotatable bonds is 1. The Labute approximate surface area is 82.3 Å². The molecule has 0 aliphatic heterocycles. The highest BCUT2D eigenvalue weighted by Gasteiger charge is 2.34. The van der Waals surface area contributed by atoms with E-state index < -0.39 is 29.4 Å². The van der Waals surface area contributed by atoms with Crippen molar-refractivity contribution < 1.29 is 32.5 Å². The van der Waals surface area contributed by atoms with Gasteiger partial charge in [0.1, 0.15) is 13.6 Å². The standard InChI is InChI=1S/C7H5BF4O3/c8-2-1-3(13)6(4(9)5(2)14)15-7(10,11)12/h1,13-14H,8H2. The van der Waals surface area contributed by atoms with Gasteiger partial charge in [-0.1, -0.05) is 0 Å². The Morgan fingerprint density at radius 3 is 2.27 bits per heavy atom. The Bertz CT molecular complexity index is 391. The molecular weight excluding hydrogens is 219 g/mol. The molecule has 1 rings (SSSR count). The Morgan fingerprint density at radius 1 is 1.27 bits per heavy atom. The van der Waals surface area contributed by atoms with Gasteiger partial charge < -0.3 is 14.9 Å². The molecule has 0 radical (unpaired) electrons. The highest BCUT2D eigenvalue weighted by atomic mass is 19.4. The van der Waals surface area contributed by atoms with Gasteiger partial charge in [-0.3, -0.25) is 0 Å². The lowest BCUT2D eigenvalue weighted by Gasteiger charge is -2.12. The average Bonchev–Trinajstić information content (AvgIpc) is 2.07. The first-order valence-corrected chi connectivity index (χ1v) is 3.69. The molecule has 0 amide bonds. The molecule has 2 N–H and O–H groups in total. The highest BCUT2D eigenvalue weighted by molar-refractivity contribution is 6.34. The summed E-state index contributed by atoms with van der Waals surface area (Å²) < 4.78 is 51.5. The molecule has 8 heteroatoms. The molecule has 0 aliphatic rings. The van der Waals surface area contributed by atoms with E-state index >= 15 is 0 Å². The zero-order valence-corrected chi connectivity index (χ0v) is 7.39. The van der Waals surface area contributed by atoms with Crippen molar-refractivity contribution in [1.82, 2.24) is 0 Å². The fraction of sp³-hybridized carbons (Fsp3) is 0.143. The van der Waals surface area contributed by atoms with Crippen LogP contribution < -0.4 is 10.2 Å². The van der Waals surface area contributed by atoms with Crippen LogP contribution in [-0.2, 0) is 0 Å². The summed E-state index contributed by atoms with van der Waals surface area (Å²) in [5.74, 6) is -5.11. The van der Waals surface area contributed by atoms with Crippen LogP contribution in [0.1, 0.15) is 0 Å². The lowest BCUT2D eigenvalue weighted by Crippen LogP contribution is -2.19. The largest absolute Gasteiger partial charge is 0.573 e. The van der Waals surface area contributed by atoms with Crippen LogP contribution in [0.25, 0.3) is 0 Å². The van der Waals surface area contributed by atoms with E-state index in [2.05, 4.69) is 4.74 Å². The van der Waals surface area contributed by atoms with E-state index in [-0.39, 0.29) is 5.46 Å². The molecule has 0 unspecified atom stereocenters. The van der Waals surface area contributed by atoms with Gasteiger partial charge in [-0.25, -0.2) is 0 Å². The maximum Gasteiger partial charge on any atom is 0.573 e. The molecular formula is C7H5BF4O3. The van der Waals surface area contributed by atoms with Crippen molar-refractivity contribution in [3.63, 3.8) is 0 Å². The Hall–Kier alpha value is -1.60. The molecule has 1 aromatic rings. The van der Waals surface area contributed by atoms with E-state index in [0.29, 0.717) is 0 Å². The molecule has 15 heavy (non-hydrogen) atoms. The van der Waals surface area contributed by atoms with Crippen molar-refractivity contribution in [1.29, 1.82) is 0 Å². The predicted octanol–water partition coefficient (Wildman–Crippen LogP) is 0.394. The van der Waals surface area contributed by atoms with Gasteiger partial charge in [-0.15, -0.1) is 13.2 Å². The zero-order valence-electron chi connectivity index (χ0n) is 7.39. The van der Waals surface area contributed by atoms with Crippen LogP contribution in [-0.4, -0.2) is 24.4 Å². The number of hydrogen-bond donors (Lipinski definition) is 2. The lowest BCUT2D eigenvalue weighted by atomic mass is 9.94. The van der Waals surface area contributed by atoms with Gasteiger partial charge in [0.15, 0.2) is 5.75 Å². The van der Waals surface area contributed by atoms with Crippen molar-refractivity contribution in [2.45, 2.75) is 6.36 Å². The maximum absolute atomic E-state index is 13.0. The van der Waals surface area contributed by atoms with Crippen LogP contribution in [0.15, 0.2) is 6.07 Å². The van der Waals surface area contributed by atoms with Crippen molar-refractivity contribution in [3.8, 4) is 17.2 Å². The topological polar surface area (TPSA) is 49.7 Å². The van der Waals surface area contributed by atoms with E-state index in [1.807, 2.05) is 0 Å². The normalized spacial score (nSPS) is 11.5. The summed E-state index contributed by atoms with van der Waals surface area (Å²) in [6, 6.07) is 0.763. The molecule has 3 nitrogen and oxygen atoms in total. The second kappa shape index (κ2) is 3.52. The monoisotopic (exact) mass is 224 g/mol.